The summed E-state index contributed by atoms with van der Waals surface area (Å²) in [5, 5.41) is 0.152. The third-order valence-electron chi connectivity index (χ3n) is 3.63. The van der Waals surface area contributed by atoms with Gasteiger partial charge < -0.3 is 9.47 Å². The first kappa shape index (κ1) is 11.7. The van der Waals surface area contributed by atoms with Crippen LogP contribution in [-0.4, -0.2) is 30.3 Å². The summed E-state index contributed by atoms with van der Waals surface area (Å²) in [5.74, 6) is 0.505. The van der Waals surface area contributed by atoms with Crippen LogP contribution in [0.3, 0.4) is 0 Å². The molecule has 0 bridgehead atoms. The molecule has 2 fully saturated rings. The van der Waals surface area contributed by atoms with Gasteiger partial charge in [-0.05, 0) is 39.5 Å². The van der Waals surface area contributed by atoms with Gasteiger partial charge in [-0.1, -0.05) is 0 Å². The lowest BCUT2D eigenvalue weighted by Gasteiger charge is -2.23. The van der Waals surface area contributed by atoms with Gasteiger partial charge in [-0.2, -0.15) is 0 Å². The Kier molecular flexibility index (Phi) is 3.59. The molecule has 2 saturated heterocycles. The average Bonchev–Trinajstić information content (AvgIpc) is 2.76. The highest BCUT2D eigenvalue weighted by Crippen LogP contribution is 2.37. The number of ether oxygens (including phenoxy) is 2. The molecule has 0 radical (unpaired) electrons. The van der Waals surface area contributed by atoms with E-state index in [9.17, 15) is 0 Å². The van der Waals surface area contributed by atoms with E-state index in [1.54, 1.807) is 0 Å². The van der Waals surface area contributed by atoms with Crippen molar-refractivity contribution in [1.29, 1.82) is 0 Å². The maximum Gasteiger partial charge on any atom is 0.0793 e. The Morgan fingerprint density at radius 1 is 1.33 bits per heavy atom. The van der Waals surface area contributed by atoms with Crippen LogP contribution in [0.5, 0.6) is 0 Å². The summed E-state index contributed by atoms with van der Waals surface area (Å²) in [6.45, 7) is 5.92. The zero-order valence-corrected chi connectivity index (χ0v) is 10.4. The maximum absolute atomic E-state index is 6.39. The summed E-state index contributed by atoms with van der Waals surface area (Å²) in [5.41, 5.74) is -0.150. The molecule has 15 heavy (non-hydrogen) atoms. The average molecular weight is 233 g/mol. The third kappa shape index (κ3) is 2.66. The number of rotatable bonds is 3. The Bertz CT molecular complexity index is 212. The van der Waals surface area contributed by atoms with Gasteiger partial charge >= 0.3 is 0 Å². The Balaban J connectivity index is 1.75. The standard InChI is InChI=1S/C12H21ClO2/c1-12(2)11(13)9(8-15-12)5-6-10-4-3-7-14-10/h9-11H,3-8H2,1-2H3. The van der Waals surface area contributed by atoms with Gasteiger partial charge in [-0.3, -0.25) is 0 Å². The molecule has 0 aromatic carbocycles. The molecule has 2 aliphatic heterocycles. The SMILES string of the molecule is CC1(C)OCC(CCC2CCCO2)C1Cl. The van der Waals surface area contributed by atoms with Crippen molar-refractivity contribution in [3.8, 4) is 0 Å². The fraction of sp³-hybridized carbons (Fsp3) is 1.00. The van der Waals surface area contributed by atoms with Crippen LogP contribution in [0, 0.1) is 5.92 Å². The van der Waals surface area contributed by atoms with E-state index >= 15 is 0 Å². The summed E-state index contributed by atoms with van der Waals surface area (Å²) in [6.07, 6.45) is 5.22. The molecule has 3 atom stereocenters. The van der Waals surface area contributed by atoms with E-state index in [1.165, 1.54) is 12.8 Å². The van der Waals surface area contributed by atoms with E-state index in [0.717, 1.165) is 26.1 Å². The van der Waals surface area contributed by atoms with Gasteiger partial charge in [0.1, 0.15) is 0 Å². The van der Waals surface area contributed by atoms with Crippen molar-refractivity contribution in [2.24, 2.45) is 5.92 Å². The normalized spacial score (nSPS) is 39.8. The van der Waals surface area contributed by atoms with Crippen molar-refractivity contribution in [3.63, 3.8) is 0 Å². The molecule has 3 unspecified atom stereocenters. The number of hydrogen-bond donors (Lipinski definition) is 0. The lowest BCUT2D eigenvalue weighted by Crippen LogP contribution is -2.30. The van der Waals surface area contributed by atoms with E-state index in [-0.39, 0.29) is 11.0 Å². The fourth-order valence-corrected chi connectivity index (χ4v) is 2.82. The Morgan fingerprint density at radius 2 is 2.13 bits per heavy atom. The van der Waals surface area contributed by atoms with Crippen molar-refractivity contribution in [2.45, 2.75) is 56.6 Å². The zero-order chi connectivity index (χ0) is 10.9. The quantitative estimate of drug-likeness (QED) is 0.697. The molecule has 0 spiro atoms. The van der Waals surface area contributed by atoms with Crippen LogP contribution in [0.2, 0.25) is 0 Å². The van der Waals surface area contributed by atoms with E-state index in [1.807, 2.05) is 0 Å². The summed E-state index contributed by atoms with van der Waals surface area (Å²) in [4.78, 5) is 0. The van der Waals surface area contributed by atoms with Gasteiger partial charge in [0.25, 0.3) is 0 Å². The minimum Gasteiger partial charge on any atom is -0.378 e. The molecule has 0 saturated carbocycles. The molecular weight excluding hydrogens is 212 g/mol. The van der Waals surface area contributed by atoms with Gasteiger partial charge in [-0.25, -0.2) is 0 Å². The highest BCUT2D eigenvalue weighted by atomic mass is 35.5. The monoisotopic (exact) mass is 232 g/mol. The molecule has 0 aromatic heterocycles. The molecule has 3 heteroatoms. The van der Waals surface area contributed by atoms with Crippen LogP contribution in [-0.2, 0) is 9.47 Å². The minimum absolute atomic E-state index is 0.150. The molecule has 0 aliphatic carbocycles. The van der Waals surface area contributed by atoms with Gasteiger partial charge in [0.2, 0.25) is 0 Å². The molecule has 88 valence electrons. The number of alkyl halides is 1. The van der Waals surface area contributed by atoms with E-state index in [0.29, 0.717) is 12.0 Å². The third-order valence-corrected chi connectivity index (χ3v) is 4.51. The first-order chi connectivity index (χ1) is 7.09. The molecule has 0 amide bonds. The summed E-state index contributed by atoms with van der Waals surface area (Å²) < 4.78 is 11.3. The molecule has 0 N–H and O–H groups in total. The first-order valence-corrected chi connectivity index (χ1v) is 6.43. The van der Waals surface area contributed by atoms with Crippen LogP contribution in [0.1, 0.15) is 39.5 Å². The van der Waals surface area contributed by atoms with Crippen LogP contribution in [0.4, 0.5) is 0 Å². The Labute approximate surface area is 97.3 Å². The van der Waals surface area contributed by atoms with Crippen LogP contribution in [0.15, 0.2) is 0 Å². The van der Waals surface area contributed by atoms with Gasteiger partial charge in [0, 0.05) is 12.5 Å². The van der Waals surface area contributed by atoms with E-state index in [2.05, 4.69) is 13.8 Å². The topological polar surface area (TPSA) is 18.5 Å². The maximum atomic E-state index is 6.39. The highest BCUT2D eigenvalue weighted by Gasteiger charge is 2.41. The smallest absolute Gasteiger partial charge is 0.0793 e. The molecule has 2 heterocycles. The lowest BCUT2D eigenvalue weighted by molar-refractivity contribution is 0.0358. The molecule has 0 aromatic rings. The van der Waals surface area contributed by atoms with Gasteiger partial charge in [-0.15, -0.1) is 11.6 Å². The zero-order valence-electron chi connectivity index (χ0n) is 9.67. The van der Waals surface area contributed by atoms with Crippen LogP contribution >= 0.6 is 11.6 Å². The lowest BCUT2D eigenvalue weighted by atomic mass is 9.92. The van der Waals surface area contributed by atoms with E-state index in [4.69, 9.17) is 21.1 Å². The van der Waals surface area contributed by atoms with Crippen molar-refractivity contribution in [1.82, 2.24) is 0 Å². The van der Waals surface area contributed by atoms with Crippen molar-refractivity contribution >= 4 is 11.6 Å². The van der Waals surface area contributed by atoms with Gasteiger partial charge in [0.05, 0.1) is 23.7 Å². The van der Waals surface area contributed by atoms with Gasteiger partial charge in [0.15, 0.2) is 0 Å². The molecule has 2 aliphatic rings. The number of hydrogen-bond acceptors (Lipinski definition) is 2. The summed E-state index contributed by atoms with van der Waals surface area (Å²) >= 11 is 6.39. The molecule has 2 nitrogen and oxygen atoms in total. The second-order valence-corrected chi connectivity index (χ2v) is 5.76. The summed E-state index contributed by atoms with van der Waals surface area (Å²) in [7, 11) is 0. The highest BCUT2D eigenvalue weighted by molar-refractivity contribution is 6.21. The minimum atomic E-state index is -0.150. The predicted molar refractivity (Wildman–Crippen MR) is 61.4 cm³/mol. The van der Waals surface area contributed by atoms with Crippen LogP contribution in [0.25, 0.3) is 0 Å². The first-order valence-electron chi connectivity index (χ1n) is 5.99. The molecular formula is C12H21ClO2. The van der Waals surface area contributed by atoms with Crippen molar-refractivity contribution < 1.29 is 9.47 Å². The van der Waals surface area contributed by atoms with Crippen molar-refractivity contribution in [3.05, 3.63) is 0 Å². The predicted octanol–water partition coefficient (Wildman–Crippen LogP) is 2.98. The fourth-order valence-electron chi connectivity index (χ4n) is 2.56. The summed E-state index contributed by atoms with van der Waals surface area (Å²) in [6, 6.07) is 0. The second kappa shape index (κ2) is 4.60. The van der Waals surface area contributed by atoms with E-state index < -0.39 is 0 Å². The molecule has 2 rings (SSSR count). The van der Waals surface area contributed by atoms with Crippen LogP contribution < -0.4 is 0 Å². The van der Waals surface area contributed by atoms with Crippen molar-refractivity contribution in [2.75, 3.05) is 13.2 Å². The Morgan fingerprint density at radius 3 is 2.67 bits per heavy atom. The largest absolute Gasteiger partial charge is 0.378 e. The number of halogens is 1. The second-order valence-electron chi connectivity index (χ2n) is 5.29. The Hall–Kier alpha value is 0.210.